The molecule has 0 aliphatic rings. The van der Waals surface area contributed by atoms with Crippen LogP contribution in [0.3, 0.4) is 0 Å². The lowest BCUT2D eigenvalue weighted by atomic mass is 10.1. The van der Waals surface area contributed by atoms with Crippen molar-refractivity contribution in [1.82, 2.24) is 0 Å². The number of Topliss-reactive ketones (excluding diaryl/α,β-unsaturated/α-hetero) is 1. The predicted octanol–water partition coefficient (Wildman–Crippen LogP) is -1.72. The Labute approximate surface area is 82.1 Å². The van der Waals surface area contributed by atoms with Crippen LogP contribution >= 0.6 is 0 Å². The van der Waals surface area contributed by atoms with E-state index in [0.717, 1.165) is 7.11 Å². The molecule has 0 fully saturated rings. The summed E-state index contributed by atoms with van der Waals surface area (Å²) in [6.07, 6.45) is -4.62. The zero-order chi connectivity index (χ0) is 11.1. The Kier molecular flexibility index (Phi) is 6.60. The monoisotopic (exact) mass is 208 g/mol. The van der Waals surface area contributed by atoms with Crippen molar-refractivity contribution in [2.75, 3.05) is 20.8 Å². The molecular weight excluding hydrogens is 192 g/mol. The minimum absolute atomic E-state index is 0.0722. The van der Waals surface area contributed by atoms with Crippen LogP contribution in [0.4, 0.5) is 0 Å². The third-order valence-electron chi connectivity index (χ3n) is 1.73. The minimum atomic E-state index is -1.73. The average Bonchev–Trinajstić information content (AvgIpc) is 2.22. The van der Waals surface area contributed by atoms with Gasteiger partial charge >= 0.3 is 0 Å². The Morgan fingerprint density at radius 2 is 1.86 bits per heavy atom. The standard InChI is InChI=1S/C8H16O6/c1-13-4-3-5(9)6(10)7(11)8(12)14-2/h5,7-9,11-12H,3-4H2,1-2H3. The van der Waals surface area contributed by atoms with Gasteiger partial charge in [0.25, 0.3) is 0 Å². The van der Waals surface area contributed by atoms with Crippen LogP contribution in [0.25, 0.3) is 0 Å². The summed E-state index contributed by atoms with van der Waals surface area (Å²) < 4.78 is 8.97. The van der Waals surface area contributed by atoms with Gasteiger partial charge in [-0.3, -0.25) is 4.79 Å². The lowest BCUT2D eigenvalue weighted by Gasteiger charge is -2.17. The summed E-state index contributed by atoms with van der Waals surface area (Å²) in [5.74, 6) is -0.878. The quantitative estimate of drug-likeness (QED) is 0.431. The summed E-state index contributed by atoms with van der Waals surface area (Å²) in [5.41, 5.74) is 0. The van der Waals surface area contributed by atoms with Gasteiger partial charge < -0.3 is 24.8 Å². The van der Waals surface area contributed by atoms with Crippen LogP contribution in [0.1, 0.15) is 6.42 Å². The first kappa shape index (κ1) is 13.5. The summed E-state index contributed by atoms with van der Waals surface area (Å²) in [6.45, 7) is 0.197. The fourth-order valence-electron chi connectivity index (χ4n) is 0.838. The summed E-state index contributed by atoms with van der Waals surface area (Å²) in [7, 11) is 2.57. The molecule has 0 aromatic heterocycles. The smallest absolute Gasteiger partial charge is 0.194 e. The van der Waals surface area contributed by atoms with E-state index in [0.29, 0.717) is 0 Å². The molecule has 0 aliphatic heterocycles. The number of hydrogen-bond acceptors (Lipinski definition) is 6. The topological polar surface area (TPSA) is 96.2 Å². The lowest BCUT2D eigenvalue weighted by molar-refractivity contribution is -0.170. The molecule has 3 N–H and O–H groups in total. The van der Waals surface area contributed by atoms with Crippen LogP contribution in [0.2, 0.25) is 0 Å². The van der Waals surface area contributed by atoms with Gasteiger partial charge in [-0.15, -0.1) is 0 Å². The minimum Gasteiger partial charge on any atom is -0.385 e. The highest BCUT2D eigenvalue weighted by Gasteiger charge is 2.29. The van der Waals surface area contributed by atoms with Gasteiger partial charge in [-0.25, -0.2) is 0 Å². The van der Waals surface area contributed by atoms with E-state index < -0.39 is 24.3 Å². The Balaban J connectivity index is 4.03. The van der Waals surface area contributed by atoms with Crippen LogP contribution in [0.5, 0.6) is 0 Å². The molecule has 0 radical (unpaired) electrons. The number of ketones is 1. The van der Waals surface area contributed by atoms with Gasteiger partial charge in [-0.2, -0.15) is 0 Å². The highest BCUT2D eigenvalue weighted by atomic mass is 16.6. The SMILES string of the molecule is COCCC(O)C(=O)C(O)C(O)OC. The van der Waals surface area contributed by atoms with E-state index in [4.69, 9.17) is 10.2 Å². The molecule has 0 aromatic rings. The second-order valence-electron chi connectivity index (χ2n) is 2.77. The van der Waals surface area contributed by atoms with Crippen molar-refractivity contribution in [1.29, 1.82) is 0 Å². The first-order valence-electron chi connectivity index (χ1n) is 4.14. The normalized spacial score (nSPS) is 17.5. The molecule has 0 aliphatic carbocycles. The number of aliphatic hydroxyl groups is 3. The molecule has 6 nitrogen and oxygen atoms in total. The predicted molar refractivity (Wildman–Crippen MR) is 46.5 cm³/mol. The molecule has 6 heteroatoms. The maximum atomic E-state index is 11.2. The average molecular weight is 208 g/mol. The van der Waals surface area contributed by atoms with Gasteiger partial charge in [0.05, 0.1) is 0 Å². The van der Waals surface area contributed by atoms with E-state index >= 15 is 0 Å². The van der Waals surface area contributed by atoms with Crippen LogP contribution in [-0.4, -0.2) is 60.4 Å². The number of carbonyl (C=O) groups is 1. The fraction of sp³-hybridized carbons (Fsp3) is 0.875. The van der Waals surface area contributed by atoms with E-state index in [1.54, 1.807) is 0 Å². The number of rotatable bonds is 7. The zero-order valence-electron chi connectivity index (χ0n) is 8.21. The second-order valence-corrected chi connectivity index (χ2v) is 2.77. The zero-order valence-corrected chi connectivity index (χ0v) is 8.21. The number of hydrogen-bond donors (Lipinski definition) is 3. The molecule has 0 bridgehead atoms. The second kappa shape index (κ2) is 6.86. The van der Waals surface area contributed by atoms with E-state index in [1.165, 1.54) is 7.11 Å². The summed E-state index contributed by atoms with van der Waals surface area (Å²) in [4.78, 5) is 11.2. The molecule has 0 amide bonds. The third-order valence-corrected chi connectivity index (χ3v) is 1.73. The highest BCUT2D eigenvalue weighted by molar-refractivity contribution is 5.87. The first-order chi connectivity index (χ1) is 6.54. The van der Waals surface area contributed by atoms with Gasteiger partial charge in [0.2, 0.25) is 0 Å². The van der Waals surface area contributed by atoms with Crippen molar-refractivity contribution < 1.29 is 29.6 Å². The molecule has 3 atom stereocenters. The Bertz CT molecular complexity index is 171. The lowest BCUT2D eigenvalue weighted by Crippen LogP contribution is -2.41. The van der Waals surface area contributed by atoms with Crippen LogP contribution in [-0.2, 0) is 14.3 Å². The number of methoxy groups -OCH3 is 2. The van der Waals surface area contributed by atoms with Gasteiger partial charge in [0.15, 0.2) is 18.2 Å². The number of aliphatic hydroxyl groups excluding tert-OH is 3. The molecule has 84 valence electrons. The van der Waals surface area contributed by atoms with E-state index in [2.05, 4.69) is 9.47 Å². The van der Waals surface area contributed by atoms with Crippen LogP contribution in [0, 0.1) is 0 Å². The van der Waals surface area contributed by atoms with Crippen molar-refractivity contribution >= 4 is 5.78 Å². The van der Waals surface area contributed by atoms with Crippen molar-refractivity contribution in [3.63, 3.8) is 0 Å². The van der Waals surface area contributed by atoms with E-state index in [1.807, 2.05) is 0 Å². The molecule has 0 saturated heterocycles. The molecule has 0 heterocycles. The number of ether oxygens (including phenoxy) is 2. The van der Waals surface area contributed by atoms with Crippen molar-refractivity contribution in [2.24, 2.45) is 0 Å². The molecule has 14 heavy (non-hydrogen) atoms. The van der Waals surface area contributed by atoms with Crippen LogP contribution < -0.4 is 0 Å². The highest BCUT2D eigenvalue weighted by Crippen LogP contribution is 2.03. The van der Waals surface area contributed by atoms with Gasteiger partial charge in [-0.1, -0.05) is 0 Å². The summed E-state index contributed by atoms with van der Waals surface area (Å²) in [6, 6.07) is 0. The number of carbonyl (C=O) groups excluding carboxylic acids is 1. The molecule has 0 spiro atoms. The van der Waals surface area contributed by atoms with Gasteiger partial charge in [0, 0.05) is 27.2 Å². The Morgan fingerprint density at radius 1 is 1.29 bits per heavy atom. The van der Waals surface area contributed by atoms with Crippen molar-refractivity contribution in [2.45, 2.75) is 24.9 Å². The molecular formula is C8H16O6. The maximum Gasteiger partial charge on any atom is 0.194 e. The van der Waals surface area contributed by atoms with Crippen molar-refractivity contribution in [3.05, 3.63) is 0 Å². The molecule has 3 unspecified atom stereocenters. The molecule has 0 aromatic carbocycles. The molecule has 0 saturated carbocycles. The van der Waals surface area contributed by atoms with E-state index in [-0.39, 0.29) is 13.0 Å². The third kappa shape index (κ3) is 4.12. The summed E-state index contributed by atoms with van der Waals surface area (Å²) >= 11 is 0. The first-order valence-corrected chi connectivity index (χ1v) is 4.14. The van der Waals surface area contributed by atoms with Crippen molar-refractivity contribution in [3.8, 4) is 0 Å². The maximum absolute atomic E-state index is 11.2. The largest absolute Gasteiger partial charge is 0.385 e. The van der Waals surface area contributed by atoms with Gasteiger partial charge in [0.1, 0.15) is 6.10 Å². The molecule has 0 rings (SSSR count). The Morgan fingerprint density at radius 3 is 2.29 bits per heavy atom. The van der Waals surface area contributed by atoms with Crippen LogP contribution in [0.15, 0.2) is 0 Å². The Hall–Kier alpha value is -0.530. The summed E-state index contributed by atoms with van der Waals surface area (Å²) in [5, 5.41) is 27.3. The van der Waals surface area contributed by atoms with E-state index in [9.17, 15) is 9.90 Å². The fourth-order valence-corrected chi connectivity index (χ4v) is 0.838. The van der Waals surface area contributed by atoms with Gasteiger partial charge in [-0.05, 0) is 0 Å².